The number of nitrogens with two attached hydrogens (primary N) is 1. The number of anilines is 1. The number of thioether (sulfide) groups is 3. The third-order valence-corrected chi connectivity index (χ3v) is 17.0. The molecule has 2 N–H and O–H groups in total. The van der Waals surface area contributed by atoms with Crippen LogP contribution >= 0.6 is 35.3 Å². The maximum Gasteiger partial charge on any atom is 0.0534 e. The first-order chi connectivity index (χ1) is 40.4. The molecular formula is C77H95N3S3. The fourth-order valence-electron chi connectivity index (χ4n) is 8.61. The first-order valence-corrected chi connectivity index (χ1v) is 31.3. The van der Waals surface area contributed by atoms with Crippen molar-refractivity contribution in [2.24, 2.45) is 11.7 Å². The van der Waals surface area contributed by atoms with Crippen LogP contribution in [0.2, 0.25) is 0 Å². The van der Waals surface area contributed by atoms with Crippen LogP contribution in [0.5, 0.6) is 0 Å². The van der Waals surface area contributed by atoms with Crippen molar-refractivity contribution in [2.75, 3.05) is 24.7 Å². The lowest BCUT2D eigenvalue weighted by atomic mass is 9.90. The molecule has 1 aromatic heterocycles. The monoisotopic (exact) mass is 1160 g/mol. The molecule has 0 amide bonds. The van der Waals surface area contributed by atoms with Gasteiger partial charge in [-0.3, -0.25) is 0 Å². The standard InChI is InChI=1S/C55H57NS3.C12H17N.C7H10.C2H6.CH5N/c1-10-15-32-53(59-43(9)40(6)23-11-2)41(7)33-34-47-35-44-26-19-20-27-45(44)37-54(47)57-39-55(58-42(8)14-5)51(25-13-4)46(24-12-3)36-48-38-56(49-28-17-16-18-29-49)52-31-22-21-30-50(48)52;1-4-8-11(2)13(3)12-9-6-5-7-10-12;1-3-5-7-6-4-2;2*1-2/h10-24,26-32,35-38,51,55H,1-2,4-5,8-9,25,33-34,39H2,3,6-7H3;4-11H,1-3H3;3-7H,1H2,2H3;1-2H3;2H2,1H3/b24-12-,32-15-,40-23+,46-36+,53-41-;8-4-;6-4-,7-5-;;. The van der Waals surface area contributed by atoms with Crippen molar-refractivity contribution >= 4 is 68.7 Å². The number of fused-ring (bicyclic) bond motifs is 2. The fraction of sp³-hybridized carbons (Fsp3) is 0.221. The van der Waals surface area contributed by atoms with Crippen LogP contribution in [0.1, 0.15) is 79.4 Å². The second-order valence-electron chi connectivity index (χ2n) is 18.7. The Morgan fingerprint density at radius 1 is 0.711 bits per heavy atom. The van der Waals surface area contributed by atoms with Crippen molar-refractivity contribution in [2.45, 2.75) is 90.8 Å². The number of likely N-dealkylation sites (N-methyl/N-ethyl adjacent to an activating group) is 1. The van der Waals surface area contributed by atoms with Crippen molar-refractivity contribution in [3.05, 3.63) is 313 Å². The number of nitrogens with zero attached hydrogens (tertiary/aromatic N) is 2. The van der Waals surface area contributed by atoms with E-state index in [1.807, 2.05) is 105 Å². The molecule has 1 heterocycles. The first-order valence-electron chi connectivity index (χ1n) is 28.6. The summed E-state index contributed by atoms with van der Waals surface area (Å²) in [5.41, 5.74) is 14.4. The summed E-state index contributed by atoms with van der Waals surface area (Å²) in [5.74, 6) is 1.06. The van der Waals surface area contributed by atoms with E-state index < -0.39 is 0 Å². The Hall–Kier alpha value is -7.19. The van der Waals surface area contributed by atoms with Crippen LogP contribution in [0.4, 0.5) is 5.69 Å². The van der Waals surface area contributed by atoms with Gasteiger partial charge in [0.25, 0.3) is 0 Å². The lowest BCUT2D eigenvalue weighted by Gasteiger charge is -2.28. The number of hydrogen-bond acceptors (Lipinski definition) is 5. The van der Waals surface area contributed by atoms with E-state index in [4.69, 9.17) is 0 Å². The Morgan fingerprint density at radius 3 is 1.94 bits per heavy atom. The van der Waals surface area contributed by atoms with Crippen LogP contribution in [-0.4, -0.2) is 35.7 Å². The van der Waals surface area contributed by atoms with Crippen molar-refractivity contribution in [1.82, 2.24) is 4.57 Å². The van der Waals surface area contributed by atoms with Crippen LogP contribution in [0, 0.1) is 5.92 Å². The predicted octanol–water partition coefficient (Wildman–Crippen LogP) is 22.9. The Balaban J connectivity index is 0.000000816. The quantitative estimate of drug-likeness (QED) is 0.0316. The van der Waals surface area contributed by atoms with E-state index in [-0.39, 0.29) is 11.2 Å². The third-order valence-electron chi connectivity index (χ3n) is 13.0. The number of hydrogen-bond donors (Lipinski definition) is 1. The minimum Gasteiger partial charge on any atom is -0.368 e. The van der Waals surface area contributed by atoms with Gasteiger partial charge in [0, 0.05) is 73.2 Å². The van der Waals surface area contributed by atoms with E-state index in [2.05, 4.69) is 267 Å². The van der Waals surface area contributed by atoms with Gasteiger partial charge in [-0.2, -0.15) is 0 Å². The highest BCUT2D eigenvalue weighted by molar-refractivity contribution is 8.07. The summed E-state index contributed by atoms with van der Waals surface area (Å²) in [6, 6.07) is 43.6. The van der Waals surface area contributed by atoms with E-state index in [0.717, 1.165) is 46.1 Å². The summed E-state index contributed by atoms with van der Waals surface area (Å²) < 4.78 is 2.30. The lowest BCUT2D eigenvalue weighted by Crippen LogP contribution is -2.26. The molecule has 0 spiro atoms. The van der Waals surface area contributed by atoms with Crippen LogP contribution < -0.4 is 10.6 Å². The van der Waals surface area contributed by atoms with Gasteiger partial charge < -0.3 is 15.2 Å². The number of para-hydroxylation sites is 3. The van der Waals surface area contributed by atoms with Gasteiger partial charge in [-0.1, -0.05) is 247 Å². The number of benzene rings is 5. The molecule has 0 saturated heterocycles. The zero-order valence-electron chi connectivity index (χ0n) is 51.6. The Bertz CT molecular complexity index is 3210. The molecule has 83 heavy (non-hydrogen) atoms. The van der Waals surface area contributed by atoms with E-state index >= 15 is 0 Å². The molecule has 6 rings (SSSR count). The van der Waals surface area contributed by atoms with Crippen molar-refractivity contribution < 1.29 is 0 Å². The zero-order chi connectivity index (χ0) is 61.4. The largest absolute Gasteiger partial charge is 0.368 e. The molecule has 0 radical (unpaired) electrons. The molecule has 0 bridgehead atoms. The molecular weight excluding hydrogens is 1060 g/mol. The molecule has 0 aliphatic carbocycles. The van der Waals surface area contributed by atoms with Crippen molar-refractivity contribution in [3.8, 4) is 5.69 Å². The summed E-state index contributed by atoms with van der Waals surface area (Å²) in [4.78, 5) is 6.75. The summed E-state index contributed by atoms with van der Waals surface area (Å²) >= 11 is 5.49. The van der Waals surface area contributed by atoms with Crippen molar-refractivity contribution in [3.63, 3.8) is 0 Å². The lowest BCUT2D eigenvalue weighted by molar-refractivity contribution is 0.639. The van der Waals surface area contributed by atoms with Gasteiger partial charge in [-0.25, -0.2) is 0 Å². The maximum atomic E-state index is 4.50. The van der Waals surface area contributed by atoms with Gasteiger partial charge in [0.15, 0.2) is 0 Å². The molecule has 0 saturated carbocycles. The molecule has 3 unspecified atom stereocenters. The van der Waals surface area contributed by atoms with Gasteiger partial charge in [0.1, 0.15) is 0 Å². The van der Waals surface area contributed by atoms with E-state index in [1.165, 1.54) is 66.5 Å². The molecule has 3 nitrogen and oxygen atoms in total. The average molecular weight is 1160 g/mol. The Kier molecular flexibility index (Phi) is 36.9. The molecule has 0 aliphatic heterocycles. The molecule has 436 valence electrons. The van der Waals surface area contributed by atoms with Gasteiger partial charge in [0.2, 0.25) is 0 Å². The van der Waals surface area contributed by atoms with E-state index in [9.17, 15) is 0 Å². The molecule has 5 aromatic carbocycles. The predicted molar refractivity (Wildman–Crippen MR) is 386 cm³/mol. The van der Waals surface area contributed by atoms with Crippen LogP contribution in [-0.2, 0) is 6.42 Å². The maximum absolute atomic E-state index is 4.50. The highest BCUT2D eigenvalue weighted by atomic mass is 32.2. The van der Waals surface area contributed by atoms with E-state index in [0.29, 0.717) is 6.04 Å². The van der Waals surface area contributed by atoms with Gasteiger partial charge >= 0.3 is 0 Å². The fourth-order valence-corrected chi connectivity index (χ4v) is 12.1. The second-order valence-corrected chi connectivity index (χ2v) is 22.3. The molecule has 0 aliphatic rings. The topological polar surface area (TPSA) is 34.2 Å². The summed E-state index contributed by atoms with van der Waals surface area (Å²) in [6.07, 6.45) is 39.3. The summed E-state index contributed by atoms with van der Waals surface area (Å²) in [7, 11) is 3.61. The summed E-state index contributed by atoms with van der Waals surface area (Å²) in [6.45, 7) is 45.1. The smallest absolute Gasteiger partial charge is 0.0534 e. The van der Waals surface area contributed by atoms with Crippen molar-refractivity contribution in [1.29, 1.82) is 0 Å². The van der Waals surface area contributed by atoms with E-state index in [1.54, 1.807) is 17.8 Å². The van der Waals surface area contributed by atoms with Crippen LogP contribution in [0.15, 0.2) is 307 Å². The highest BCUT2D eigenvalue weighted by Gasteiger charge is 2.26. The second kappa shape index (κ2) is 42.6. The number of aromatic nitrogens is 1. The molecule has 0 fully saturated rings. The number of aryl methyl sites for hydroxylation is 1. The van der Waals surface area contributed by atoms with Crippen LogP contribution in [0.3, 0.4) is 0 Å². The molecule has 6 heteroatoms. The average Bonchev–Trinajstić information content (AvgIpc) is 4.17. The van der Waals surface area contributed by atoms with Gasteiger partial charge in [0.05, 0.1) is 5.52 Å². The van der Waals surface area contributed by atoms with Crippen LogP contribution in [0.25, 0.3) is 33.4 Å². The highest BCUT2D eigenvalue weighted by Crippen LogP contribution is 2.41. The first kappa shape index (κ1) is 71.9. The Morgan fingerprint density at radius 2 is 1.34 bits per heavy atom. The zero-order valence-corrected chi connectivity index (χ0v) is 54.1. The minimum atomic E-state index is 0.175. The summed E-state index contributed by atoms with van der Waals surface area (Å²) in [5, 5.41) is 3.93. The third kappa shape index (κ3) is 24.7. The van der Waals surface area contributed by atoms with Gasteiger partial charge in [-0.05, 0) is 149 Å². The Labute approximate surface area is 516 Å². The normalized spacial score (nSPS) is 12.9. The minimum absolute atomic E-state index is 0.175. The number of rotatable bonds is 27. The SMILES string of the molecule is C/C=C\C(C)N(C)c1ccccc1.C=C/C=C\C(SC(=C)/C(C)=C/C=C)=C(/C)CCc1cc2ccccc2cc1SCC(SC(=C)C=C)C(CC=C)C(/C=C\C)=C/c1cn(-c2ccccc2)c2ccccc12.C=C/C=C\C=C/C.CC.CN. The molecule has 6 aromatic rings. The number of allylic oxidation sites excluding steroid dienone is 18. The van der Waals surface area contributed by atoms with Gasteiger partial charge in [-0.15, -0.1) is 30.1 Å². The molecule has 3 atom stereocenters.